The molecular weight excluding hydrogens is 430 g/mol. The summed E-state index contributed by atoms with van der Waals surface area (Å²) < 4.78 is 15.3. The summed E-state index contributed by atoms with van der Waals surface area (Å²) in [5, 5.41) is 9.12. The van der Waals surface area contributed by atoms with Crippen LogP contribution in [0.25, 0.3) is 0 Å². The third-order valence-corrected chi connectivity index (χ3v) is 7.13. The van der Waals surface area contributed by atoms with E-state index in [1.54, 1.807) is 11.9 Å². The highest BCUT2D eigenvalue weighted by molar-refractivity contribution is 7.97. The number of ether oxygens (including phenoxy) is 2. The molecule has 3 rings (SSSR count). The number of nitrogens with one attached hydrogen (secondary N) is 1. The number of nitrogens with zero attached hydrogens (tertiary/aromatic N) is 2. The Morgan fingerprint density at radius 3 is 2.61 bits per heavy atom. The summed E-state index contributed by atoms with van der Waals surface area (Å²) in [6.45, 7) is 11.0. The van der Waals surface area contributed by atoms with Gasteiger partial charge in [-0.05, 0) is 86.6 Å². The maximum atomic E-state index is 9.12. The van der Waals surface area contributed by atoms with Crippen LogP contribution < -0.4 is 9.46 Å². The van der Waals surface area contributed by atoms with E-state index in [1.165, 1.54) is 12.0 Å². The van der Waals surface area contributed by atoms with Crippen LogP contribution in [0.4, 0.5) is 0 Å². The molecule has 1 aliphatic rings. The van der Waals surface area contributed by atoms with Crippen LogP contribution in [0.1, 0.15) is 50.7 Å². The van der Waals surface area contributed by atoms with Gasteiger partial charge in [-0.2, -0.15) is 5.26 Å². The molecule has 1 saturated heterocycles. The quantitative estimate of drug-likeness (QED) is 0.314. The molecule has 0 unspecified atom stereocenters. The van der Waals surface area contributed by atoms with Crippen molar-refractivity contribution in [2.24, 2.45) is 0 Å². The second-order valence-corrected chi connectivity index (χ2v) is 9.58. The summed E-state index contributed by atoms with van der Waals surface area (Å²) in [6, 6.07) is 18.6. The van der Waals surface area contributed by atoms with E-state index in [1.807, 2.05) is 24.3 Å². The lowest BCUT2D eigenvalue weighted by Crippen LogP contribution is -2.41. The summed E-state index contributed by atoms with van der Waals surface area (Å²) in [5.74, 6) is 0.940. The molecule has 1 fully saturated rings. The highest BCUT2D eigenvalue weighted by atomic mass is 32.2. The SMILES string of the molecule is CCCN(CC)CCCOc1ccc(C2(CNSc3cccc(C#N)c3)CCOCC2)cc1. The van der Waals surface area contributed by atoms with Crippen molar-refractivity contribution in [1.29, 1.82) is 5.26 Å². The van der Waals surface area contributed by atoms with Gasteiger partial charge in [0.05, 0.1) is 18.2 Å². The predicted molar refractivity (Wildman–Crippen MR) is 136 cm³/mol. The van der Waals surface area contributed by atoms with Crippen LogP contribution in [0, 0.1) is 11.3 Å². The molecule has 6 heteroatoms. The Hall–Kier alpha value is -2.04. The first-order valence-corrected chi connectivity index (χ1v) is 12.9. The third-order valence-electron chi connectivity index (χ3n) is 6.35. The Bertz CT molecular complexity index is 876. The standard InChI is InChI=1S/C27H37N3O2S/c1-3-15-30(4-2)16-6-17-32-25-11-9-24(10-12-25)27(13-18-31-19-14-27)22-29-33-26-8-5-7-23(20-26)21-28/h5,7-12,20,29H,3-4,6,13-19,22H2,1-2H3. The van der Waals surface area contributed by atoms with Crippen LogP contribution in [-0.4, -0.2) is 50.9 Å². The first-order valence-electron chi connectivity index (χ1n) is 12.1. The van der Waals surface area contributed by atoms with E-state index >= 15 is 0 Å². The van der Waals surface area contributed by atoms with E-state index < -0.39 is 0 Å². The van der Waals surface area contributed by atoms with Gasteiger partial charge in [-0.15, -0.1) is 0 Å². The second-order valence-electron chi connectivity index (χ2n) is 8.62. The Morgan fingerprint density at radius 2 is 1.91 bits per heavy atom. The molecule has 0 bridgehead atoms. The number of benzene rings is 2. The van der Waals surface area contributed by atoms with Crippen molar-refractivity contribution in [2.75, 3.05) is 46.0 Å². The van der Waals surface area contributed by atoms with Crippen LogP contribution in [0.2, 0.25) is 0 Å². The number of rotatable bonds is 13. The molecule has 1 N–H and O–H groups in total. The van der Waals surface area contributed by atoms with Crippen LogP contribution in [0.15, 0.2) is 53.4 Å². The summed E-state index contributed by atoms with van der Waals surface area (Å²) >= 11 is 1.59. The molecule has 0 atom stereocenters. The van der Waals surface area contributed by atoms with Gasteiger partial charge in [0.2, 0.25) is 0 Å². The molecule has 178 valence electrons. The minimum Gasteiger partial charge on any atom is -0.494 e. The van der Waals surface area contributed by atoms with E-state index in [-0.39, 0.29) is 5.41 Å². The molecule has 0 amide bonds. The van der Waals surface area contributed by atoms with Crippen molar-refractivity contribution in [3.8, 4) is 11.8 Å². The van der Waals surface area contributed by atoms with E-state index in [4.69, 9.17) is 14.7 Å². The maximum Gasteiger partial charge on any atom is 0.119 e. The zero-order valence-electron chi connectivity index (χ0n) is 20.0. The van der Waals surface area contributed by atoms with Crippen LogP contribution >= 0.6 is 11.9 Å². The topological polar surface area (TPSA) is 57.5 Å². The molecule has 0 aliphatic carbocycles. The zero-order valence-corrected chi connectivity index (χ0v) is 20.8. The number of nitriles is 1. The second kappa shape index (κ2) is 13.6. The molecule has 5 nitrogen and oxygen atoms in total. The van der Waals surface area contributed by atoms with Crippen molar-refractivity contribution in [3.63, 3.8) is 0 Å². The molecule has 1 aliphatic heterocycles. The first kappa shape index (κ1) is 25.6. The van der Waals surface area contributed by atoms with E-state index in [2.05, 4.69) is 53.8 Å². The number of hydrogen-bond acceptors (Lipinski definition) is 6. The third kappa shape index (κ3) is 7.75. The summed E-state index contributed by atoms with van der Waals surface area (Å²) in [6.07, 6.45) is 4.22. The largest absolute Gasteiger partial charge is 0.494 e. The van der Waals surface area contributed by atoms with Gasteiger partial charge in [0.25, 0.3) is 0 Å². The van der Waals surface area contributed by atoms with E-state index in [0.29, 0.717) is 5.56 Å². The summed E-state index contributed by atoms with van der Waals surface area (Å²) in [4.78, 5) is 3.53. The van der Waals surface area contributed by atoms with Crippen molar-refractivity contribution in [2.45, 2.75) is 49.8 Å². The van der Waals surface area contributed by atoms with Crippen LogP contribution in [-0.2, 0) is 10.2 Å². The van der Waals surface area contributed by atoms with Gasteiger partial charge in [0, 0.05) is 36.6 Å². The lowest BCUT2D eigenvalue weighted by Gasteiger charge is -2.38. The van der Waals surface area contributed by atoms with E-state index in [0.717, 1.165) is 75.9 Å². The first-order chi connectivity index (χ1) is 16.2. The molecule has 33 heavy (non-hydrogen) atoms. The Kier molecular flexibility index (Phi) is 10.6. The highest BCUT2D eigenvalue weighted by Gasteiger charge is 2.34. The molecule has 1 heterocycles. The van der Waals surface area contributed by atoms with Crippen LogP contribution in [0.3, 0.4) is 0 Å². The normalized spacial score (nSPS) is 15.3. The number of hydrogen-bond donors (Lipinski definition) is 1. The van der Waals surface area contributed by atoms with Gasteiger partial charge in [-0.1, -0.05) is 32.0 Å². The average Bonchev–Trinajstić information content (AvgIpc) is 2.87. The van der Waals surface area contributed by atoms with Gasteiger partial charge < -0.3 is 14.4 Å². The maximum absolute atomic E-state index is 9.12. The van der Waals surface area contributed by atoms with Crippen molar-refractivity contribution in [1.82, 2.24) is 9.62 Å². The van der Waals surface area contributed by atoms with Gasteiger partial charge in [-0.25, -0.2) is 0 Å². The molecule has 2 aromatic rings. The monoisotopic (exact) mass is 467 g/mol. The van der Waals surface area contributed by atoms with E-state index in [9.17, 15) is 0 Å². The fourth-order valence-electron chi connectivity index (χ4n) is 4.34. The Balaban J connectivity index is 1.55. The molecule has 0 aromatic heterocycles. The molecule has 0 radical (unpaired) electrons. The van der Waals surface area contributed by atoms with Crippen molar-refractivity contribution in [3.05, 3.63) is 59.7 Å². The molecule has 2 aromatic carbocycles. The molecular formula is C27H37N3O2S. The van der Waals surface area contributed by atoms with Crippen molar-refractivity contribution < 1.29 is 9.47 Å². The van der Waals surface area contributed by atoms with Gasteiger partial charge in [-0.3, -0.25) is 4.72 Å². The van der Waals surface area contributed by atoms with Crippen molar-refractivity contribution >= 4 is 11.9 Å². The molecule has 0 saturated carbocycles. The van der Waals surface area contributed by atoms with Gasteiger partial charge in [0.1, 0.15) is 5.75 Å². The lowest BCUT2D eigenvalue weighted by molar-refractivity contribution is 0.0519. The van der Waals surface area contributed by atoms with Gasteiger partial charge in [0.15, 0.2) is 0 Å². The molecule has 0 spiro atoms. The Labute approximate surface area is 203 Å². The minimum absolute atomic E-state index is 0.0401. The fourth-order valence-corrected chi connectivity index (χ4v) is 5.19. The summed E-state index contributed by atoms with van der Waals surface area (Å²) in [5.41, 5.74) is 2.06. The lowest BCUT2D eigenvalue weighted by atomic mass is 9.74. The predicted octanol–water partition coefficient (Wildman–Crippen LogP) is 5.40. The smallest absolute Gasteiger partial charge is 0.119 e. The highest BCUT2D eigenvalue weighted by Crippen LogP contribution is 2.36. The Morgan fingerprint density at radius 1 is 1.12 bits per heavy atom. The average molecular weight is 468 g/mol. The van der Waals surface area contributed by atoms with Crippen LogP contribution in [0.5, 0.6) is 5.75 Å². The minimum atomic E-state index is 0.0401. The zero-order chi connectivity index (χ0) is 23.4. The van der Waals surface area contributed by atoms with Gasteiger partial charge >= 0.3 is 0 Å². The fraction of sp³-hybridized carbons (Fsp3) is 0.519. The summed E-state index contributed by atoms with van der Waals surface area (Å²) in [7, 11) is 0.